The van der Waals surface area contributed by atoms with Gasteiger partial charge in [-0.1, -0.05) is 71.8 Å². The van der Waals surface area contributed by atoms with Gasteiger partial charge in [0.25, 0.3) is 0 Å². The number of hydrogen-bond donors (Lipinski definition) is 0. The topological polar surface area (TPSA) is 0 Å². The Morgan fingerprint density at radius 3 is 1.43 bits per heavy atom. The molecule has 0 fully saturated rings. The van der Waals surface area contributed by atoms with E-state index in [9.17, 15) is 0 Å². The Morgan fingerprint density at radius 1 is 0.652 bits per heavy atom. The number of rotatable bonds is 4. The highest BCUT2D eigenvalue weighted by Gasteiger charge is 2.28. The average molecular weight is 320 g/mol. The molecule has 0 radical (unpaired) electrons. The van der Waals surface area contributed by atoms with Gasteiger partial charge in [-0.15, -0.1) is 0 Å². The van der Waals surface area contributed by atoms with Gasteiger partial charge in [0.1, 0.15) is 0 Å². The molecule has 118 valence electrons. The second-order valence-corrected chi connectivity index (χ2v) is 8.70. The lowest BCUT2D eigenvalue weighted by atomic mass is 9.99. The van der Waals surface area contributed by atoms with Crippen LogP contribution in [0.4, 0.5) is 0 Å². The fraction of sp³-hybridized carbons (Fsp3) is 0.273. The van der Waals surface area contributed by atoms with Crippen LogP contribution in [-0.4, -0.2) is 6.16 Å². The summed E-state index contributed by atoms with van der Waals surface area (Å²) in [4.78, 5) is 0. The molecule has 0 aliphatic heterocycles. The molecule has 23 heavy (non-hydrogen) atoms. The van der Waals surface area contributed by atoms with Gasteiger partial charge in [0.05, 0.1) is 0 Å². The Balaban J connectivity index is 1.98. The smallest absolute Gasteiger partial charge is 0.00583 e. The fourth-order valence-electron chi connectivity index (χ4n) is 3.47. The minimum absolute atomic E-state index is 0.322. The molecule has 1 aliphatic carbocycles. The molecular weight excluding hydrogens is 295 g/mol. The van der Waals surface area contributed by atoms with E-state index in [1.54, 1.807) is 11.1 Å². The quantitative estimate of drug-likeness (QED) is 0.660. The first-order valence-corrected chi connectivity index (χ1v) is 9.85. The molecule has 3 rings (SSSR count). The first-order valence-electron chi connectivity index (χ1n) is 8.32. The predicted octanol–water partition coefficient (Wildman–Crippen LogP) is 5.42. The van der Waals surface area contributed by atoms with Crippen molar-refractivity contribution < 1.29 is 0 Å². The summed E-state index contributed by atoms with van der Waals surface area (Å²) in [5, 5.41) is 2.97. The van der Waals surface area contributed by atoms with Gasteiger partial charge < -0.3 is 0 Å². The summed E-state index contributed by atoms with van der Waals surface area (Å²) in [6.45, 7) is 9.20. The van der Waals surface area contributed by atoms with Gasteiger partial charge in [0.15, 0.2) is 0 Å². The lowest BCUT2D eigenvalue weighted by molar-refractivity contribution is 0.825. The summed E-state index contributed by atoms with van der Waals surface area (Å²) in [7, 11) is -0.322. The van der Waals surface area contributed by atoms with Crippen LogP contribution in [0, 0.1) is 5.92 Å². The van der Waals surface area contributed by atoms with Crippen LogP contribution in [0.15, 0.2) is 83.0 Å². The Morgan fingerprint density at radius 2 is 1.04 bits per heavy atom. The largest absolute Gasteiger partial charge is 0.0626 e. The van der Waals surface area contributed by atoms with Crippen molar-refractivity contribution in [3.63, 3.8) is 0 Å². The van der Waals surface area contributed by atoms with Gasteiger partial charge in [0, 0.05) is 5.92 Å². The molecule has 0 spiro atoms. The van der Waals surface area contributed by atoms with Crippen LogP contribution in [0.3, 0.4) is 0 Å². The third-order valence-electron chi connectivity index (χ3n) is 5.29. The molecule has 0 bridgehead atoms. The zero-order valence-electron chi connectivity index (χ0n) is 14.5. The van der Waals surface area contributed by atoms with Crippen LogP contribution in [0.25, 0.3) is 0 Å². The van der Waals surface area contributed by atoms with Crippen molar-refractivity contribution in [2.45, 2.75) is 27.7 Å². The van der Waals surface area contributed by atoms with Gasteiger partial charge in [-0.3, -0.25) is 0 Å². The Labute approximate surface area is 141 Å². The minimum atomic E-state index is -0.322. The molecule has 0 amide bonds. The maximum atomic E-state index is 2.32. The van der Waals surface area contributed by atoms with E-state index in [1.165, 1.54) is 27.9 Å². The average Bonchev–Trinajstić information content (AvgIpc) is 2.78. The maximum Gasteiger partial charge on any atom is 0.00583 e. The number of benzene rings is 2. The van der Waals surface area contributed by atoms with Crippen LogP contribution < -0.4 is 10.6 Å². The van der Waals surface area contributed by atoms with E-state index in [0.29, 0.717) is 5.92 Å². The van der Waals surface area contributed by atoms with Crippen molar-refractivity contribution in [1.29, 1.82) is 0 Å². The van der Waals surface area contributed by atoms with Crippen molar-refractivity contribution in [2.24, 2.45) is 5.92 Å². The highest BCUT2D eigenvalue weighted by Crippen LogP contribution is 2.45. The van der Waals surface area contributed by atoms with E-state index >= 15 is 0 Å². The van der Waals surface area contributed by atoms with Crippen LogP contribution in [-0.2, 0) is 0 Å². The third-order valence-corrected chi connectivity index (χ3v) is 7.87. The van der Waals surface area contributed by atoms with Crippen molar-refractivity contribution in [1.82, 2.24) is 0 Å². The molecule has 2 aromatic rings. The summed E-state index contributed by atoms with van der Waals surface area (Å²) in [5.74, 6) is 0.599. The van der Waals surface area contributed by atoms with Gasteiger partial charge >= 0.3 is 0 Å². The van der Waals surface area contributed by atoms with E-state index in [1.807, 2.05) is 0 Å². The normalized spacial score (nSPS) is 15.9. The van der Waals surface area contributed by atoms with Crippen molar-refractivity contribution in [2.75, 3.05) is 6.16 Å². The SMILES string of the molecule is CC1=C(C)C(CP(c2ccccc2)c2ccccc2)C(C)=C1C. The molecule has 0 heterocycles. The zero-order chi connectivity index (χ0) is 16.4. The molecule has 1 aliphatic rings. The first-order chi connectivity index (χ1) is 11.1. The van der Waals surface area contributed by atoms with E-state index < -0.39 is 0 Å². The van der Waals surface area contributed by atoms with E-state index in [0.717, 1.165) is 0 Å². The highest BCUT2D eigenvalue weighted by molar-refractivity contribution is 7.73. The van der Waals surface area contributed by atoms with Crippen LogP contribution in [0.1, 0.15) is 27.7 Å². The van der Waals surface area contributed by atoms with Crippen molar-refractivity contribution >= 4 is 18.5 Å². The standard InChI is InChI=1S/C22H25P/c1-16-17(2)19(4)22(18(16)3)15-23(20-11-7-5-8-12-20)21-13-9-6-10-14-21/h5-14,22H,15H2,1-4H3. The van der Waals surface area contributed by atoms with E-state index in [-0.39, 0.29) is 7.92 Å². The van der Waals surface area contributed by atoms with Crippen LogP contribution in [0.5, 0.6) is 0 Å². The summed E-state index contributed by atoms with van der Waals surface area (Å²) in [6.07, 6.45) is 1.22. The van der Waals surface area contributed by atoms with Gasteiger partial charge in [-0.05, 0) is 63.5 Å². The number of hydrogen-bond acceptors (Lipinski definition) is 0. The highest BCUT2D eigenvalue weighted by atomic mass is 31.1. The molecule has 0 atom stereocenters. The molecule has 0 aromatic heterocycles. The van der Waals surface area contributed by atoms with Gasteiger partial charge in [0.2, 0.25) is 0 Å². The first kappa shape index (κ1) is 16.2. The van der Waals surface area contributed by atoms with Gasteiger partial charge in [-0.25, -0.2) is 0 Å². The minimum Gasteiger partial charge on any atom is -0.0626 e. The van der Waals surface area contributed by atoms with Crippen LogP contribution in [0.2, 0.25) is 0 Å². The Hall–Kier alpha value is -1.65. The zero-order valence-corrected chi connectivity index (χ0v) is 15.4. The molecule has 1 heteroatoms. The van der Waals surface area contributed by atoms with E-state index in [4.69, 9.17) is 0 Å². The molecule has 0 unspecified atom stereocenters. The summed E-state index contributed by atoms with van der Waals surface area (Å²) in [5.41, 5.74) is 6.14. The molecule has 2 aromatic carbocycles. The fourth-order valence-corrected chi connectivity index (χ4v) is 6.17. The lowest BCUT2D eigenvalue weighted by Crippen LogP contribution is -2.19. The van der Waals surface area contributed by atoms with E-state index in [2.05, 4.69) is 88.4 Å². The van der Waals surface area contributed by atoms with Crippen LogP contribution >= 0.6 is 7.92 Å². The predicted molar refractivity (Wildman–Crippen MR) is 104 cm³/mol. The molecule has 0 nitrogen and oxygen atoms in total. The Kier molecular flexibility index (Phi) is 4.83. The monoisotopic (exact) mass is 320 g/mol. The van der Waals surface area contributed by atoms with Crippen molar-refractivity contribution in [3.05, 3.63) is 83.0 Å². The summed E-state index contributed by atoms with van der Waals surface area (Å²) >= 11 is 0. The van der Waals surface area contributed by atoms with Gasteiger partial charge in [-0.2, -0.15) is 0 Å². The second-order valence-electron chi connectivity index (χ2n) is 6.45. The lowest BCUT2D eigenvalue weighted by Gasteiger charge is -2.24. The summed E-state index contributed by atoms with van der Waals surface area (Å²) in [6, 6.07) is 22.1. The Bertz CT molecular complexity index is 675. The number of allylic oxidation sites excluding steroid dienone is 4. The molecular formula is C22H25P. The third kappa shape index (κ3) is 3.19. The molecule has 0 saturated carbocycles. The second kappa shape index (κ2) is 6.85. The summed E-state index contributed by atoms with van der Waals surface area (Å²) < 4.78 is 0. The maximum absolute atomic E-state index is 2.32. The van der Waals surface area contributed by atoms with Crippen molar-refractivity contribution in [3.8, 4) is 0 Å². The molecule has 0 saturated heterocycles. The molecule has 0 N–H and O–H groups in total.